The Kier molecular flexibility index (Phi) is 5.38. The van der Waals surface area contributed by atoms with Crippen LogP contribution in [0.4, 0.5) is 0 Å². The van der Waals surface area contributed by atoms with Gasteiger partial charge < -0.3 is 14.5 Å². The predicted octanol–water partition coefficient (Wildman–Crippen LogP) is 3.38. The summed E-state index contributed by atoms with van der Waals surface area (Å²) in [5, 5.41) is 2.78. The Bertz CT molecular complexity index is 663. The fourth-order valence-corrected chi connectivity index (χ4v) is 2.19. The number of hydrogen-bond acceptors (Lipinski definition) is 4. The first-order valence-corrected chi connectivity index (χ1v) is 7.52. The van der Waals surface area contributed by atoms with Gasteiger partial charge in [-0.3, -0.25) is 4.79 Å². The average molecular weight is 366 g/mol. The Labute approximate surface area is 136 Å². The van der Waals surface area contributed by atoms with Crippen LogP contribution in [0.5, 0.6) is 0 Å². The van der Waals surface area contributed by atoms with Crippen molar-refractivity contribution in [3.8, 4) is 0 Å². The van der Waals surface area contributed by atoms with Gasteiger partial charge in [0.1, 0.15) is 11.3 Å². The topological polar surface area (TPSA) is 68.5 Å². The van der Waals surface area contributed by atoms with Crippen molar-refractivity contribution in [2.45, 2.75) is 19.9 Å². The average Bonchev–Trinajstić information content (AvgIpc) is 2.91. The summed E-state index contributed by atoms with van der Waals surface area (Å²) in [6.45, 7) is 3.19. The van der Waals surface area contributed by atoms with Gasteiger partial charge in [0, 0.05) is 4.47 Å². The van der Waals surface area contributed by atoms with Crippen LogP contribution in [-0.4, -0.2) is 18.5 Å². The van der Waals surface area contributed by atoms with E-state index in [1.165, 1.54) is 12.3 Å². The number of aryl methyl sites for hydroxylation is 1. The van der Waals surface area contributed by atoms with Gasteiger partial charge in [0.2, 0.25) is 0 Å². The van der Waals surface area contributed by atoms with E-state index in [2.05, 4.69) is 21.2 Å². The second-order valence-corrected chi connectivity index (χ2v) is 5.72. The van der Waals surface area contributed by atoms with E-state index < -0.39 is 5.97 Å². The largest absolute Gasteiger partial charge is 0.469 e. The van der Waals surface area contributed by atoms with Crippen molar-refractivity contribution < 1.29 is 18.7 Å². The summed E-state index contributed by atoms with van der Waals surface area (Å²) in [5.74, 6) is -0.462. The molecule has 0 aliphatic heterocycles. The number of esters is 1. The molecule has 0 radical (unpaired) electrons. The highest BCUT2D eigenvalue weighted by molar-refractivity contribution is 9.10. The van der Waals surface area contributed by atoms with Gasteiger partial charge >= 0.3 is 5.97 Å². The minimum atomic E-state index is -0.572. The number of rotatable bonds is 5. The lowest BCUT2D eigenvalue weighted by Gasteiger charge is -2.14. The minimum absolute atomic E-state index is 0.171. The number of carbonyl (C=O) groups excluding carboxylic acids is 2. The molecule has 0 unspecified atom stereocenters. The van der Waals surface area contributed by atoms with Crippen LogP contribution in [0.1, 0.15) is 34.6 Å². The van der Waals surface area contributed by atoms with E-state index in [-0.39, 0.29) is 18.6 Å². The van der Waals surface area contributed by atoms with Gasteiger partial charge in [0.15, 0.2) is 6.61 Å². The Morgan fingerprint density at radius 1 is 1.27 bits per heavy atom. The molecule has 1 atom stereocenters. The van der Waals surface area contributed by atoms with Crippen molar-refractivity contribution in [1.29, 1.82) is 0 Å². The third kappa shape index (κ3) is 4.21. The third-order valence-corrected chi connectivity index (χ3v) is 3.69. The van der Waals surface area contributed by atoms with Crippen molar-refractivity contribution >= 4 is 27.8 Å². The number of furan rings is 1. The fourth-order valence-electron chi connectivity index (χ4n) is 1.92. The zero-order chi connectivity index (χ0) is 16.1. The maximum atomic E-state index is 11.8. The van der Waals surface area contributed by atoms with Crippen LogP contribution in [0.3, 0.4) is 0 Å². The molecule has 1 aromatic heterocycles. The lowest BCUT2D eigenvalue weighted by Crippen LogP contribution is -2.31. The first-order valence-electron chi connectivity index (χ1n) is 6.73. The van der Waals surface area contributed by atoms with Crippen LogP contribution in [0, 0.1) is 6.92 Å². The molecule has 1 N–H and O–H groups in total. The summed E-state index contributed by atoms with van der Waals surface area (Å²) < 4.78 is 11.0. The number of benzene rings is 1. The monoisotopic (exact) mass is 365 g/mol. The van der Waals surface area contributed by atoms with Crippen LogP contribution in [0.25, 0.3) is 0 Å². The molecule has 1 aromatic carbocycles. The Hall–Kier alpha value is -2.08. The summed E-state index contributed by atoms with van der Waals surface area (Å²) in [4.78, 5) is 23.6. The quantitative estimate of drug-likeness (QED) is 0.824. The molecule has 22 heavy (non-hydrogen) atoms. The van der Waals surface area contributed by atoms with Crippen LogP contribution < -0.4 is 5.32 Å². The van der Waals surface area contributed by atoms with Gasteiger partial charge in [-0.2, -0.15) is 0 Å². The van der Waals surface area contributed by atoms with E-state index in [1.54, 1.807) is 6.92 Å². The van der Waals surface area contributed by atoms with E-state index in [1.807, 2.05) is 31.2 Å². The molecule has 1 amide bonds. The number of hydrogen-bond donors (Lipinski definition) is 1. The van der Waals surface area contributed by atoms with Crippen LogP contribution >= 0.6 is 15.9 Å². The summed E-state index contributed by atoms with van der Waals surface area (Å²) in [6, 6.07) is 8.97. The molecular formula is C16H16BrNO4. The highest BCUT2D eigenvalue weighted by Crippen LogP contribution is 2.16. The number of nitrogens with one attached hydrogen (secondary N) is 1. The molecule has 6 heteroatoms. The molecule has 0 aliphatic carbocycles. The molecule has 1 heterocycles. The second-order valence-electron chi connectivity index (χ2n) is 4.81. The first-order chi connectivity index (χ1) is 10.5. The highest BCUT2D eigenvalue weighted by atomic mass is 79.9. The molecule has 5 nitrogen and oxygen atoms in total. The van der Waals surface area contributed by atoms with Gasteiger partial charge in [-0.05, 0) is 37.6 Å². The SMILES string of the molecule is Cc1occc1C(=O)OCC(=O)N[C@H](C)c1ccc(Br)cc1. The molecule has 0 saturated heterocycles. The Balaban J connectivity index is 1.84. The molecule has 2 aromatic rings. The highest BCUT2D eigenvalue weighted by Gasteiger charge is 2.16. The van der Waals surface area contributed by atoms with Crippen LogP contribution in [-0.2, 0) is 9.53 Å². The molecular weight excluding hydrogens is 350 g/mol. The van der Waals surface area contributed by atoms with E-state index in [0.29, 0.717) is 11.3 Å². The summed E-state index contributed by atoms with van der Waals surface area (Å²) in [7, 11) is 0. The van der Waals surface area contributed by atoms with Gasteiger partial charge in [-0.1, -0.05) is 28.1 Å². The Morgan fingerprint density at radius 3 is 2.55 bits per heavy atom. The lowest BCUT2D eigenvalue weighted by molar-refractivity contribution is -0.124. The number of amides is 1. The van der Waals surface area contributed by atoms with Crippen LogP contribution in [0.2, 0.25) is 0 Å². The van der Waals surface area contributed by atoms with Crippen molar-refractivity contribution in [3.05, 3.63) is 58.0 Å². The maximum Gasteiger partial charge on any atom is 0.342 e. The van der Waals surface area contributed by atoms with Gasteiger partial charge in [-0.25, -0.2) is 4.79 Å². The summed E-state index contributed by atoms with van der Waals surface area (Å²) >= 11 is 3.36. The molecule has 0 spiro atoms. The van der Waals surface area contributed by atoms with Crippen molar-refractivity contribution in [2.75, 3.05) is 6.61 Å². The molecule has 0 fully saturated rings. The number of ether oxygens (including phenoxy) is 1. The predicted molar refractivity (Wildman–Crippen MR) is 84.4 cm³/mol. The Morgan fingerprint density at radius 2 is 1.95 bits per heavy atom. The maximum absolute atomic E-state index is 11.8. The fraction of sp³-hybridized carbons (Fsp3) is 0.250. The molecule has 0 bridgehead atoms. The van der Waals surface area contributed by atoms with E-state index in [9.17, 15) is 9.59 Å². The van der Waals surface area contributed by atoms with E-state index >= 15 is 0 Å². The van der Waals surface area contributed by atoms with Gasteiger partial charge in [0.05, 0.1) is 12.3 Å². The van der Waals surface area contributed by atoms with Crippen molar-refractivity contribution in [1.82, 2.24) is 5.32 Å². The lowest BCUT2D eigenvalue weighted by atomic mass is 10.1. The van der Waals surface area contributed by atoms with E-state index in [4.69, 9.17) is 9.15 Å². The zero-order valence-corrected chi connectivity index (χ0v) is 13.8. The second kappa shape index (κ2) is 7.26. The van der Waals surface area contributed by atoms with Crippen LogP contribution in [0.15, 0.2) is 45.5 Å². The van der Waals surface area contributed by atoms with Gasteiger partial charge in [0.25, 0.3) is 5.91 Å². The molecule has 116 valence electrons. The summed E-state index contributed by atoms with van der Waals surface area (Å²) in [6.07, 6.45) is 1.40. The normalized spacial score (nSPS) is 11.8. The standard InChI is InChI=1S/C16H16BrNO4/c1-10(12-3-5-13(17)6-4-12)18-15(19)9-22-16(20)14-7-8-21-11(14)2/h3-8,10H,9H2,1-2H3,(H,18,19)/t10-/m1/s1. The smallest absolute Gasteiger partial charge is 0.342 e. The minimum Gasteiger partial charge on any atom is -0.469 e. The first kappa shape index (κ1) is 16.3. The van der Waals surface area contributed by atoms with Crippen molar-refractivity contribution in [3.63, 3.8) is 0 Å². The third-order valence-electron chi connectivity index (χ3n) is 3.16. The number of halogens is 1. The van der Waals surface area contributed by atoms with Gasteiger partial charge in [-0.15, -0.1) is 0 Å². The molecule has 0 saturated carbocycles. The van der Waals surface area contributed by atoms with Crippen molar-refractivity contribution in [2.24, 2.45) is 0 Å². The number of carbonyl (C=O) groups is 2. The zero-order valence-electron chi connectivity index (χ0n) is 12.3. The summed E-state index contributed by atoms with van der Waals surface area (Å²) in [5.41, 5.74) is 1.29. The van der Waals surface area contributed by atoms with E-state index in [0.717, 1.165) is 10.0 Å². The molecule has 2 rings (SSSR count). The molecule has 0 aliphatic rings.